The first kappa shape index (κ1) is 19.4. The summed E-state index contributed by atoms with van der Waals surface area (Å²) in [7, 11) is 0. The third kappa shape index (κ3) is 4.79. The predicted molar refractivity (Wildman–Crippen MR) is 85.9 cm³/mol. The number of nitrogens with one attached hydrogen (secondary N) is 1. The Bertz CT molecular complexity index is 850. The van der Waals surface area contributed by atoms with Gasteiger partial charge in [0.1, 0.15) is 4.88 Å². The summed E-state index contributed by atoms with van der Waals surface area (Å²) in [5.74, 6) is -1.79. The minimum atomic E-state index is -4.56. The Morgan fingerprint density at radius 2 is 1.96 bits per heavy atom. The van der Waals surface area contributed by atoms with Gasteiger partial charge in [0.05, 0.1) is 10.5 Å². The van der Waals surface area contributed by atoms with Gasteiger partial charge in [-0.2, -0.15) is 13.2 Å². The first-order valence-electron chi connectivity index (χ1n) is 7.01. The van der Waals surface area contributed by atoms with Gasteiger partial charge in [0.2, 0.25) is 0 Å². The quantitative estimate of drug-likeness (QED) is 0.476. The van der Waals surface area contributed by atoms with Gasteiger partial charge < -0.3 is 10.1 Å². The molecule has 0 saturated heterocycles. The van der Waals surface area contributed by atoms with Crippen molar-refractivity contribution < 1.29 is 32.4 Å². The lowest BCUT2D eigenvalue weighted by Gasteiger charge is -2.14. The highest BCUT2D eigenvalue weighted by molar-refractivity contribution is 7.17. The lowest BCUT2D eigenvalue weighted by atomic mass is 10.2. The van der Waals surface area contributed by atoms with Crippen LogP contribution in [0, 0.1) is 10.1 Å². The third-order valence-electron chi connectivity index (χ3n) is 3.08. The molecule has 138 valence electrons. The largest absolute Gasteiger partial charge is 0.448 e. The van der Waals surface area contributed by atoms with Crippen LogP contribution in [0.5, 0.6) is 0 Å². The summed E-state index contributed by atoms with van der Waals surface area (Å²) in [6.45, 7) is 1.23. The predicted octanol–water partition coefficient (Wildman–Crippen LogP) is 3.86. The van der Waals surface area contributed by atoms with Crippen LogP contribution >= 0.6 is 11.3 Å². The smallest absolute Gasteiger partial charge is 0.416 e. The van der Waals surface area contributed by atoms with Crippen LogP contribution in [0.25, 0.3) is 0 Å². The molecule has 0 saturated carbocycles. The summed E-state index contributed by atoms with van der Waals surface area (Å²) in [6.07, 6.45) is -5.88. The fraction of sp³-hybridized carbons (Fsp3) is 0.200. The van der Waals surface area contributed by atoms with E-state index >= 15 is 0 Å². The summed E-state index contributed by atoms with van der Waals surface area (Å²) in [5.41, 5.74) is -1.05. The van der Waals surface area contributed by atoms with E-state index in [0.717, 1.165) is 24.3 Å². The van der Waals surface area contributed by atoms with Crippen LogP contribution in [-0.4, -0.2) is 22.9 Å². The molecule has 1 amide bonds. The molecule has 0 spiro atoms. The third-order valence-corrected chi connectivity index (χ3v) is 4.10. The van der Waals surface area contributed by atoms with Crippen LogP contribution in [0.15, 0.2) is 36.4 Å². The number of nitro groups is 1. The molecular weight excluding hydrogens is 377 g/mol. The maximum atomic E-state index is 12.7. The number of esters is 1. The van der Waals surface area contributed by atoms with Crippen molar-refractivity contribution in [3.8, 4) is 0 Å². The highest BCUT2D eigenvalue weighted by Crippen LogP contribution is 2.30. The van der Waals surface area contributed by atoms with Crippen LogP contribution < -0.4 is 5.32 Å². The molecule has 0 aliphatic heterocycles. The van der Waals surface area contributed by atoms with Crippen molar-refractivity contribution in [2.75, 3.05) is 5.32 Å². The van der Waals surface area contributed by atoms with Crippen LogP contribution in [0.3, 0.4) is 0 Å². The van der Waals surface area contributed by atoms with Crippen molar-refractivity contribution in [3.63, 3.8) is 0 Å². The number of amides is 1. The number of nitrogens with zero attached hydrogens (tertiary/aromatic N) is 1. The molecular formula is C15H11F3N2O5S. The first-order chi connectivity index (χ1) is 12.1. The van der Waals surface area contributed by atoms with Gasteiger partial charge in [0, 0.05) is 11.8 Å². The average Bonchev–Trinajstić information content (AvgIpc) is 3.04. The van der Waals surface area contributed by atoms with E-state index in [2.05, 4.69) is 5.32 Å². The number of halogens is 3. The normalized spacial score (nSPS) is 12.3. The van der Waals surface area contributed by atoms with E-state index in [9.17, 15) is 32.9 Å². The Hall–Kier alpha value is -2.95. The van der Waals surface area contributed by atoms with Crippen molar-refractivity contribution in [3.05, 3.63) is 57.0 Å². The van der Waals surface area contributed by atoms with Crippen molar-refractivity contribution in [2.24, 2.45) is 0 Å². The molecule has 2 rings (SSSR count). The van der Waals surface area contributed by atoms with Crippen LogP contribution in [0.4, 0.5) is 23.9 Å². The second kappa shape index (κ2) is 7.52. The second-order valence-electron chi connectivity index (χ2n) is 5.01. The number of carbonyl (C=O) groups excluding carboxylic acids is 2. The fourth-order valence-corrected chi connectivity index (χ4v) is 2.53. The van der Waals surface area contributed by atoms with E-state index in [0.29, 0.717) is 11.3 Å². The number of thiophene rings is 1. The van der Waals surface area contributed by atoms with Gasteiger partial charge in [-0.15, -0.1) is 0 Å². The number of hydrogen-bond acceptors (Lipinski definition) is 6. The molecule has 0 unspecified atom stereocenters. The van der Waals surface area contributed by atoms with Gasteiger partial charge in [-0.25, -0.2) is 4.79 Å². The van der Waals surface area contributed by atoms with Crippen molar-refractivity contribution in [1.82, 2.24) is 0 Å². The van der Waals surface area contributed by atoms with Crippen LogP contribution in [0.2, 0.25) is 0 Å². The van der Waals surface area contributed by atoms with Gasteiger partial charge in [-0.3, -0.25) is 14.9 Å². The number of carbonyl (C=O) groups is 2. The van der Waals surface area contributed by atoms with Gasteiger partial charge in [0.25, 0.3) is 5.91 Å². The standard InChI is InChI=1S/C15H11F3N2O5S/c1-8(25-14(22)11-5-6-12(26-11)20(23)24)13(21)19-10-4-2-3-9(7-10)15(16,17)18/h2-8H,1H3,(H,19,21)/t8-/m0/s1. The van der Waals surface area contributed by atoms with Gasteiger partial charge in [-0.05, 0) is 31.2 Å². The Kier molecular flexibility index (Phi) is 5.60. The Morgan fingerprint density at radius 1 is 1.27 bits per heavy atom. The number of benzene rings is 1. The van der Waals surface area contributed by atoms with E-state index in [1.807, 2.05) is 0 Å². The highest BCUT2D eigenvalue weighted by Gasteiger charge is 2.30. The van der Waals surface area contributed by atoms with Crippen molar-refractivity contribution >= 4 is 33.9 Å². The van der Waals surface area contributed by atoms with Crippen molar-refractivity contribution in [1.29, 1.82) is 0 Å². The number of anilines is 1. The fourth-order valence-electron chi connectivity index (χ4n) is 1.82. The molecule has 11 heteroatoms. The van der Waals surface area contributed by atoms with E-state index in [1.165, 1.54) is 19.1 Å². The zero-order valence-electron chi connectivity index (χ0n) is 13.1. The molecule has 0 radical (unpaired) electrons. The van der Waals surface area contributed by atoms with E-state index in [-0.39, 0.29) is 15.6 Å². The van der Waals surface area contributed by atoms with Crippen molar-refractivity contribution in [2.45, 2.75) is 19.2 Å². The van der Waals surface area contributed by atoms with E-state index in [4.69, 9.17) is 4.74 Å². The number of rotatable bonds is 5. The molecule has 0 aliphatic carbocycles. The number of ether oxygens (including phenoxy) is 1. The van der Waals surface area contributed by atoms with Gasteiger partial charge in [0.15, 0.2) is 6.10 Å². The number of hydrogen-bond donors (Lipinski definition) is 1. The van der Waals surface area contributed by atoms with Crippen LogP contribution in [0.1, 0.15) is 22.2 Å². The lowest BCUT2D eigenvalue weighted by molar-refractivity contribution is -0.380. The summed E-state index contributed by atoms with van der Waals surface area (Å²) < 4.78 is 42.8. The van der Waals surface area contributed by atoms with Gasteiger partial charge >= 0.3 is 17.1 Å². The summed E-state index contributed by atoms with van der Waals surface area (Å²) in [6, 6.07) is 6.28. The summed E-state index contributed by atoms with van der Waals surface area (Å²) in [5, 5.41) is 12.5. The number of alkyl halides is 3. The molecule has 0 fully saturated rings. The molecule has 1 atom stereocenters. The molecule has 7 nitrogen and oxygen atoms in total. The average molecular weight is 388 g/mol. The zero-order valence-corrected chi connectivity index (χ0v) is 13.9. The highest BCUT2D eigenvalue weighted by atomic mass is 32.1. The zero-order chi connectivity index (χ0) is 19.5. The summed E-state index contributed by atoms with van der Waals surface area (Å²) in [4.78, 5) is 33.7. The van der Waals surface area contributed by atoms with Crippen LogP contribution in [-0.2, 0) is 15.7 Å². The molecule has 1 aromatic heterocycles. The molecule has 2 aromatic rings. The van der Waals surface area contributed by atoms with E-state index < -0.39 is 34.6 Å². The molecule has 26 heavy (non-hydrogen) atoms. The lowest BCUT2D eigenvalue weighted by Crippen LogP contribution is -2.29. The monoisotopic (exact) mass is 388 g/mol. The minimum absolute atomic E-state index is 0.0737. The molecule has 0 aliphatic rings. The Labute approximate surface area is 148 Å². The van der Waals surface area contributed by atoms with Gasteiger partial charge in [-0.1, -0.05) is 17.4 Å². The topological polar surface area (TPSA) is 98.5 Å². The Morgan fingerprint density at radius 3 is 2.54 bits per heavy atom. The summed E-state index contributed by atoms with van der Waals surface area (Å²) >= 11 is 0.581. The van der Waals surface area contributed by atoms with E-state index in [1.54, 1.807) is 0 Å². The molecule has 1 aromatic carbocycles. The molecule has 0 bridgehead atoms. The molecule has 1 heterocycles. The first-order valence-corrected chi connectivity index (χ1v) is 7.83. The maximum Gasteiger partial charge on any atom is 0.416 e. The second-order valence-corrected chi connectivity index (χ2v) is 6.07. The SMILES string of the molecule is C[C@H](OC(=O)c1ccc([N+](=O)[O-])s1)C(=O)Nc1cccc(C(F)(F)F)c1. The maximum absolute atomic E-state index is 12.7. The Balaban J connectivity index is 2.01. The minimum Gasteiger partial charge on any atom is -0.448 e. The molecule has 1 N–H and O–H groups in total.